The zero-order chi connectivity index (χ0) is 17.3. The Balaban J connectivity index is 1.60. The van der Waals surface area contributed by atoms with Gasteiger partial charge in [-0.25, -0.2) is 0 Å². The fourth-order valence-electron chi connectivity index (χ4n) is 3.51. The first-order valence-electron chi connectivity index (χ1n) is 8.81. The number of anilines is 2. The first kappa shape index (κ1) is 16.8. The number of nitrogens with zero attached hydrogens (tertiary/aromatic N) is 2. The maximum absolute atomic E-state index is 12.5. The highest BCUT2D eigenvalue weighted by Gasteiger charge is 2.39. The van der Waals surface area contributed by atoms with Gasteiger partial charge in [0.15, 0.2) is 0 Å². The van der Waals surface area contributed by atoms with Crippen LogP contribution in [0.1, 0.15) is 40.0 Å². The molecule has 0 bridgehead atoms. The lowest BCUT2D eigenvalue weighted by Gasteiger charge is -2.31. The van der Waals surface area contributed by atoms with Gasteiger partial charge in [-0.1, -0.05) is 0 Å². The van der Waals surface area contributed by atoms with E-state index >= 15 is 0 Å². The Bertz CT molecular complexity index is 612. The monoisotopic (exact) mass is 329 g/mol. The van der Waals surface area contributed by atoms with Crippen LogP contribution in [0.5, 0.6) is 0 Å². The highest BCUT2D eigenvalue weighted by Crippen LogP contribution is 2.27. The van der Waals surface area contributed by atoms with Gasteiger partial charge in [0.25, 0.3) is 0 Å². The Hall–Kier alpha value is -2.04. The van der Waals surface area contributed by atoms with Gasteiger partial charge in [0.05, 0.1) is 5.92 Å². The smallest absolute Gasteiger partial charge is 0.229 e. The number of benzene rings is 1. The predicted octanol–water partition coefficient (Wildman–Crippen LogP) is 2.87. The van der Waals surface area contributed by atoms with Crippen LogP contribution in [0.4, 0.5) is 11.4 Å². The first-order valence-corrected chi connectivity index (χ1v) is 8.81. The molecule has 2 aliphatic heterocycles. The number of hydrogen-bond donors (Lipinski definition) is 1. The molecule has 1 aromatic carbocycles. The van der Waals surface area contributed by atoms with Crippen molar-refractivity contribution in [1.82, 2.24) is 4.90 Å². The maximum Gasteiger partial charge on any atom is 0.229 e. The van der Waals surface area contributed by atoms with Crippen LogP contribution in [0.3, 0.4) is 0 Å². The lowest BCUT2D eigenvalue weighted by molar-refractivity contribution is -0.131. The lowest BCUT2D eigenvalue weighted by atomic mass is 10.1. The minimum atomic E-state index is -0.269. The van der Waals surface area contributed by atoms with E-state index in [9.17, 15) is 9.59 Å². The fourth-order valence-corrected chi connectivity index (χ4v) is 3.51. The van der Waals surface area contributed by atoms with Crippen molar-refractivity contribution in [2.24, 2.45) is 5.92 Å². The van der Waals surface area contributed by atoms with Crippen molar-refractivity contribution < 1.29 is 9.59 Å². The summed E-state index contributed by atoms with van der Waals surface area (Å²) in [6, 6.07) is 8.01. The summed E-state index contributed by atoms with van der Waals surface area (Å²) in [5, 5.41) is 2.96. The largest absolute Gasteiger partial charge is 0.372 e. The molecule has 2 heterocycles. The molecule has 0 radical (unpaired) electrons. The highest BCUT2D eigenvalue weighted by atomic mass is 16.2. The first-order chi connectivity index (χ1) is 11.3. The number of amides is 2. The number of nitrogens with one attached hydrogen (secondary N) is 1. The molecule has 0 saturated carbocycles. The van der Waals surface area contributed by atoms with Crippen LogP contribution in [0.2, 0.25) is 0 Å². The van der Waals surface area contributed by atoms with Crippen LogP contribution in [0.15, 0.2) is 24.3 Å². The van der Waals surface area contributed by atoms with E-state index in [1.807, 2.05) is 32.9 Å². The van der Waals surface area contributed by atoms with E-state index in [1.165, 1.54) is 18.5 Å². The van der Waals surface area contributed by atoms with Crippen LogP contribution >= 0.6 is 0 Å². The van der Waals surface area contributed by atoms with Crippen molar-refractivity contribution in [3.63, 3.8) is 0 Å². The van der Waals surface area contributed by atoms with Crippen LogP contribution < -0.4 is 10.2 Å². The second-order valence-corrected chi connectivity index (χ2v) is 7.81. The summed E-state index contributed by atoms with van der Waals surface area (Å²) in [7, 11) is 0. The molecular formula is C19H27N3O2. The van der Waals surface area contributed by atoms with Gasteiger partial charge in [0.1, 0.15) is 0 Å². The van der Waals surface area contributed by atoms with Gasteiger partial charge in [0.2, 0.25) is 11.8 Å². The molecule has 3 rings (SSSR count). The van der Waals surface area contributed by atoms with Gasteiger partial charge < -0.3 is 15.1 Å². The van der Waals surface area contributed by atoms with Crippen LogP contribution in [0.25, 0.3) is 0 Å². The Morgan fingerprint density at radius 1 is 1.12 bits per heavy atom. The average molecular weight is 329 g/mol. The van der Waals surface area contributed by atoms with Crippen molar-refractivity contribution in [1.29, 1.82) is 0 Å². The van der Waals surface area contributed by atoms with E-state index in [4.69, 9.17) is 0 Å². The molecular weight excluding hydrogens is 302 g/mol. The number of carbonyl (C=O) groups is 2. The molecule has 24 heavy (non-hydrogen) atoms. The fraction of sp³-hybridized carbons (Fsp3) is 0.579. The summed E-state index contributed by atoms with van der Waals surface area (Å²) in [6.45, 7) is 8.73. The molecule has 130 valence electrons. The normalized spacial score (nSPS) is 21.5. The quantitative estimate of drug-likeness (QED) is 0.928. The van der Waals surface area contributed by atoms with E-state index in [0.29, 0.717) is 13.0 Å². The summed E-state index contributed by atoms with van der Waals surface area (Å²) in [4.78, 5) is 28.8. The molecule has 0 aliphatic carbocycles. The van der Waals surface area contributed by atoms with Gasteiger partial charge >= 0.3 is 0 Å². The second-order valence-electron chi connectivity index (χ2n) is 7.81. The third-order valence-electron chi connectivity index (χ3n) is 4.91. The molecule has 2 aliphatic rings. The molecule has 1 N–H and O–H groups in total. The highest BCUT2D eigenvalue weighted by molar-refractivity contribution is 5.97. The summed E-state index contributed by atoms with van der Waals surface area (Å²) in [6.07, 6.45) is 2.80. The third kappa shape index (κ3) is 3.55. The molecule has 0 aromatic heterocycles. The van der Waals surface area contributed by atoms with Gasteiger partial charge in [-0.2, -0.15) is 0 Å². The molecule has 5 nitrogen and oxygen atoms in total. The summed E-state index contributed by atoms with van der Waals surface area (Å²) in [5.41, 5.74) is 1.77. The minimum Gasteiger partial charge on any atom is -0.372 e. The number of likely N-dealkylation sites (tertiary alicyclic amines) is 1. The summed E-state index contributed by atoms with van der Waals surface area (Å²) >= 11 is 0. The third-order valence-corrected chi connectivity index (χ3v) is 4.91. The average Bonchev–Trinajstić information content (AvgIpc) is 3.16. The maximum atomic E-state index is 12.5. The number of hydrogen-bond acceptors (Lipinski definition) is 3. The van der Waals surface area contributed by atoms with Crippen molar-refractivity contribution in [2.45, 2.75) is 45.6 Å². The van der Waals surface area contributed by atoms with Crippen molar-refractivity contribution in [3.05, 3.63) is 24.3 Å². The van der Waals surface area contributed by atoms with Gasteiger partial charge in [-0.15, -0.1) is 0 Å². The van der Waals surface area contributed by atoms with Gasteiger partial charge in [-0.05, 0) is 57.9 Å². The van der Waals surface area contributed by atoms with Gasteiger partial charge in [0, 0.05) is 43.0 Å². The zero-order valence-electron chi connectivity index (χ0n) is 14.8. The molecule has 1 unspecified atom stereocenters. The van der Waals surface area contributed by atoms with Crippen molar-refractivity contribution in [2.75, 3.05) is 29.9 Å². The Kier molecular flexibility index (Phi) is 4.52. The second kappa shape index (κ2) is 6.46. The SMILES string of the molecule is CC(C)(C)N1CC(C(=O)Nc2ccc(N3CCCC3)cc2)CC1=O. The van der Waals surface area contributed by atoms with E-state index in [1.54, 1.807) is 4.90 Å². The summed E-state index contributed by atoms with van der Waals surface area (Å²) < 4.78 is 0. The topological polar surface area (TPSA) is 52.7 Å². The minimum absolute atomic E-state index is 0.0621. The van der Waals surface area contributed by atoms with Crippen LogP contribution in [0, 0.1) is 5.92 Å². The van der Waals surface area contributed by atoms with Gasteiger partial charge in [-0.3, -0.25) is 9.59 Å². The van der Waals surface area contributed by atoms with E-state index < -0.39 is 0 Å². The van der Waals surface area contributed by atoms with E-state index in [2.05, 4.69) is 22.3 Å². The van der Waals surface area contributed by atoms with Crippen molar-refractivity contribution in [3.8, 4) is 0 Å². The van der Waals surface area contributed by atoms with E-state index in [0.717, 1.165) is 18.8 Å². The predicted molar refractivity (Wildman–Crippen MR) is 96.1 cm³/mol. The zero-order valence-corrected chi connectivity index (χ0v) is 14.8. The van der Waals surface area contributed by atoms with Crippen LogP contribution in [-0.4, -0.2) is 41.9 Å². The standard InChI is InChI=1S/C19H27N3O2/c1-19(2,3)22-13-14(12-17(22)23)18(24)20-15-6-8-16(9-7-15)21-10-4-5-11-21/h6-9,14H,4-5,10-13H2,1-3H3,(H,20,24). The molecule has 2 fully saturated rings. The Morgan fingerprint density at radius 3 is 2.29 bits per heavy atom. The lowest BCUT2D eigenvalue weighted by Crippen LogP contribution is -2.42. The number of rotatable bonds is 3. The van der Waals surface area contributed by atoms with E-state index in [-0.39, 0.29) is 23.3 Å². The Morgan fingerprint density at radius 2 is 1.75 bits per heavy atom. The van der Waals surface area contributed by atoms with Crippen molar-refractivity contribution >= 4 is 23.2 Å². The Labute approximate surface area is 144 Å². The molecule has 1 atom stereocenters. The molecule has 2 saturated heterocycles. The molecule has 1 aromatic rings. The molecule has 5 heteroatoms. The molecule has 2 amide bonds. The number of carbonyl (C=O) groups excluding carboxylic acids is 2. The summed E-state index contributed by atoms with van der Waals surface area (Å²) in [5.74, 6) is -0.272. The molecule has 0 spiro atoms. The van der Waals surface area contributed by atoms with Crippen LogP contribution in [-0.2, 0) is 9.59 Å².